The molecule has 0 bridgehead atoms. The fourth-order valence-electron chi connectivity index (χ4n) is 2.66. The molecule has 0 spiro atoms. The first kappa shape index (κ1) is 16.6. The van der Waals surface area contributed by atoms with E-state index in [1.807, 2.05) is 36.0 Å². The van der Waals surface area contributed by atoms with E-state index in [1.165, 1.54) is 11.3 Å². The second-order valence-corrected chi connectivity index (χ2v) is 7.05. The van der Waals surface area contributed by atoms with Crippen LogP contribution in [-0.4, -0.2) is 53.3 Å². The van der Waals surface area contributed by atoms with Gasteiger partial charge in [0.2, 0.25) is 5.95 Å². The summed E-state index contributed by atoms with van der Waals surface area (Å²) in [6.07, 6.45) is 4.79. The number of piperazine rings is 1. The molecule has 0 aliphatic carbocycles. The number of anilines is 1. The highest BCUT2D eigenvalue weighted by atomic mass is 35.5. The van der Waals surface area contributed by atoms with Crippen molar-refractivity contribution in [1.82, 2.24) is 14.9 Å². The molecule has 1 aromatic carbocycles. The normalized spacial score (nSPS) is 15.8. The summed E-state index contributed by atoms with van der Waals surface area (Å²) >= 11 is 8.02. The van der Waals surface area contributed by atoms with Gasteiger partial charge in [0, 0.05) is 43.5 Å². The van der Waals surface area contributed by atoms with Crippen LogP contribution in [0.3, 0.4) is 0 Å². The molecule has 1 aromatic heterocycles. The Morgan fingerprint density at radius 3 is 2.48 bits per heavy atom. The Morgan fingerprint density at radius 1 is 1.00 bits per heavy atom. The van der Waals surface area contributed by atoms with Gasteiger partial charge in [0.05, 0.1) is 5.02 Å². The Balaban J connectivity index is 1.36. The Labute approximate surface area is 146 Å². The zero-order chi connectivity index (χ0) is 15.9. The predicted molar refractivity (Wildman–Crippen MR) is 97.5 cm³/mol. The van der Waals surface area contributed by atoms with E-state index in [2.05, 4.69) is 25.8 Å². The summed E-state index contributed by atoms with van der Waals surface area (Å²) in [5, 5.41) is 0.856. The number of halogens is 1. The van der Waals surface area contributed by atoms with Gasteiger partial charge >= 0.3 is 0 Å². The Hall–Kier alpha value is -1.30. The fraction of sp³-hybridized carbons (Fsp3) is 0.412. The molecule has 1 saturated heterocycles. The maximum atomic E-state index is 6.18. The number of rotatable bonds is 6. The summed E-state index contributed by atoms with van der Waals surface area (Å²) in [5.41, 5.74) is 0. The molecule has 0 radical (unpaired) electrons. The van der Waals surface area contributed by atoms with Crippen molar-refractivity contribution < 1.29 is 0 Å². The molecule has 6 heteroatoms. The van der Waals surface area contributed by atoms with E-state index in [1.54, 1.807) is 12.4 Å². The maximum Gasteiger partial charge on any atom is 0.225 e. The summed E-state index contributed by atoms with van der Waals surface area (Å²) in [4.78, 5) is 14.6. The van der Waals surface area contributed by atoms with E-state index >= 15 is 0 Å². The Morgan fingerprint density at radius 2 is 1.74 bits per heavy atom. The fourth-order valence-corrected chi connectivity index (χ4v) is 3.83. The maximum absolute atomic E-state index is 6.18. The first-order valence-electron chi connectivity index (χ1n) is 7.94. The van der Waals surface area contributed by atoms with Gasteiger partial charge < -0.3 is 4.90 Å². The zero-order valence-electron chi connectivity index (χ0n) is 13.1. The Kier molecular flexibility index (Phi) is 6.13. The summed E-state index contributed by atoms with van der Waals surface area (Å²) in [6, 6.07) is 9.91. The lowest BCUT2D eigenvalue weighted by atomic mass is 10.3. The molecule has 1 fully saturated rings. The van der Waals surface area contributed by atoms with E-state index in [4.69, 9.17) is 11.6 Å². The minimum absolute atomic E-state index is 0.849. The van der Waals surface area contributed by atoms with Crippen molar-refractivity contribution >= 4 is 29.3 Å². The number of hydrogen-bond acceptors (Lipinski definition) is 5. The number of thioether (sulfide) groups is 1. The lowest BCUT2D eigenvalue weighted by Gasteiger charge is -2.34. The van der Waals surface area contributed by atoms with Gasteiger partial charge in [-0.05, 0) is 36.9 Å². The molecular weight excluding hydrogens is 328 g/mol. The zero-order valence-corrected chi connectivity index (χ0v) is 14.6. The molecule has 23 heavy (non-hydrogen) atoms. The molecule has 0 unspecified atom stereocenters. The van der Waals surface area contributed by atoms with Crippen LogP contribution in [0.2, 0.25) is 5.02 Å². The molecule has 122 valence electrons. The van der Waals surface area contributed by atoms with E-state index in [-0.39, 0.29) is 0 Å². The van der Waals surface area contributed by atoms with Gasteiger partial charge in [-0.15, -0.1) is 11.8 Å². The molecule has 0 amide bonds. The number of hydrogen-bond donors (Lipinski definition) is 0. The van der Waals surface area contributed by atoms with E-state index in [0.29, 0.717) is 0 Å². The standard InChI is InChI=1S/C17H21ClN4S/c18-15-5-1-2-6-16(15)23-14-4-9-21-10-12-22(13-11-21)17-19-7-3-8-20-17/h1-3,5-8H,4,9-14H2. The van der Waals surface area contributed by atoms with Gasteiger partial charge in [0.25, 0.3) is 0 Å². The van der Waals surface area contributed by atoms with Crippen LogP contribution >= 0.6 is 23.4 Å². The van der Waals surface area contributed by atoms with E-state index in [9.17, 15) is 0 Å². The van der Waals surface area contributed by atoms with Gasteiger partial charge in [-0.3, -0.25) is 4.90 Å². The summed E-state index contributed by atoms with van der Waals surface area (Å²) < 4.78 is 0. The molecule has 2 aromatic rings. The first-order chi connectivity index (χ1) is 11.3. The third-order valence-corrected chi connectivity index (χ3v) is 5.52. The summed E-state index contributed by atoms with van der Waals surface area (Å²) in [5.74, 6) is 1.95. The van der Waals surface area contributed by atoms with Crippen LogP contribution in [-0.2, 0) is 0 Å². The highest BCUT2D eigenvalue weighted by molar-refractivity contribution is 7.99. The molecule has 0 N–H and O–H groups in total. The lowest BCUT2D eigenvalue weighted by Crippen LogP contribution is -2.47. The van der Waals surface area contributed by atoms with Crippen LogP contribution in [0.25, 0.3) is 0 Å². The van der Waals surface area contributed by atoms with Gasteiger partial charge in [-0.2, -0.15) is 0 Å². The molecular formula is C17H21ClN4S. The molecule has 1 aliphatic rings. The quantitative estimate of drug-likeness (QED) is 0.590. The molecule has 0 atom stereocenters. The van der Waals surface area contributed by atoms with Crippen LogP contribution in [0, 0.1) is 0 Å². The summed E-state index contributed by atoms with van der Waals surface area (Å²) in [7, 11) is 0. The van der Waals surface area contributed by atoms with E-state index < -0.39 is 0 Å². The average Bonchev–Trinajstić information content (AvgIpc) is 2.61. The third-order valence-electron chi connectivity index (χ3n) is 3.92. The van der Waals surface area contributed by atoms with Crippen molar-refractivity contribution in [3.05, 3.63) is 47.7 Å². The number of benzene rings is 1. The van der Waals surface area contributed by atoms with Gasteiger partial charge in [-0.25, -0.2) is 9.97 Å². The van der Waals surface area contributed by atoms with E-state index in [0.717, 1.165) is 49.4 Å². The average molecular weight is 349 g/mol. The van der Waals surface area contributed by atoms with Crippen molar-refractivity contribution in [2.24, 2.45) is 0 Å². The number of nitrogens with zero attached hydrogens (tertiary/aromatic N) is 4. The first-order valence-corrected chi connectivity index (χ1v) is 9.31. The highest BCUT2D eigenvalue weighted by Crippen LogP contribution is 2.27. The molecule has 4 nitrogen and oxygen atoms in total. The number of aromatic nitrogens is 2. The summed E-state index contributed by atoms with van der Waals surface area (Å²) in [6.45, 7) is 5.30. The van der Waals surface area contributed by atoms with Crippen molar-refractivity contribution in [3.8, 4) is 0 Å². The predicted octanol–water partition coefficient (Wildman–Crippen LogP) is 3.43. The Bertz CT molecular complexity index is 603. The molecule has 3 rings (SSSR count). The highest BCUT2D eigenvalue weighted by Gasteiger charge is 2.18. The van der Waals surface area contributed by atoms with Crippen LogP contribution in [0.1, 0.15) is 6.42 Å². The third kappa shape index (κ3) is 4.83. The van der Waals surface area contributed by atoms with Crippen LogP contribution in [0.4, 0.5) is 5.95 Å². The van der Waals surface area contributed by atoms with Crippen molar-refractivity contribution in [3.63, 3.8) is 0 Å². The van der Waals surface area contributed by atoms with Gasteiger partial charge in [0.15, 0.2) is 0 Å². The molecule has 2 heterocycles. The lowest BCUT2D eigenvalue weighted by molar-refractivity contribution is 0.258. The van der Waals surface area contributed by atoms with Crippen LogP contribution < -0.4 is 4.90 Å². The smallest absolute Gasteiger partial charge is 0.225 e. The van der Waals surface area contributed by atoms with Crippen molar-refractivity contribution in [1.29, 1.82) is 0 Å². The molecule has 1 aliphatic heterocycles. The molecule has 0 saturated carbocycles. The van der Waals surface area contributed by atoms with Crippen LogP contribution in [0.15, 0.2) is 47.6 Å². The SMILES string of the molecule is Clc1ccccc1SCCCN1CCN(c2ncccn2)CC1. The second-order valence-electron chi connectivity index (χ2n) is 5.51. The monoisotopic (exact) mass is 348 g/mol. The largest absolute Gasteiger partial charge is 0.338 e. The minimum Gasteiger partial charge on any atom is -0.338 e. The van der Waals surface area contributed by atoms with Gasteiger partial charge in [0.1, 0.15) is 0 Å². The minimum atomic E-state index is 0.849. The van der Waals surface area contributed by atoms with Crippen LogP contribution in [0.5, 0.6) is 0 Å². The topological polar surface area (TPSA) is 32.3 Å². The second kappa shape index (κ2) is 8.52. The van der Waals surface area contributed by atoms with Crippen molar-refractivity contribution in [2.45, 2.75) is 11.3 Å². The van der Waals surface area contributed by atoms with Gasteiger partial charge in [-0.1, -0.05) is 23.7 Å². The van der Waals surface area contributed by atoms with Crippen molar-refractivity contribution in [2.75, 3.05) is 43.4 Å².